The van der Waals surface area contributed by atoms with E-state index in [0.29, 0.717) is 2.66 Å². The second-order valence-corrected chi connectivity index (χ2v) is 8.16. The second-order valence-electron chi connectivity index (χ2n) is 5.16. The van der Waals surface area contributed by atoms with Gasteiger partial charge in [0.25, 0.3) is 0 Å². The zero-order chi connectivity index (χ0) is 12.9. The largest absolute Gasteiger partial charge is 0.480 e. The van der Waals surface area contributed by atoms with Gasteiger partial charge in [-0.25, -0.2) is 9.59 Å². The van der Waals surface area contributed by atoms with Gasteiger partial charge >= 0.3 is 63.4 Å². The maximum atomic E-state index is 10.4. The Bertz CT molecular complexity index is 290. The summed E-state index contributed by atoms with van der Waals surface area (Å²) in [6.07, 6.45) is 1.81. The molecule has 1 amide bonds. The zero-order valence-corrected chi connectivity index (χ0v) is 12.1. The number of hydrogen-bond donors (Lipinski definition) is 2. The Labute approximate surface area is 113 Å². The Balaban J connectivity index is 0.000000385. The number of nitrogens with zero attached hydrogens (tertiary/aromatic N) is 1. The molecule has 0 spiro atoms. The van der Waals surface area contributed by atoms with Gasteiger partial charge in [-0.2, -0.15) is 0 Å². The summed E-state index contributed by atoms with van der Waals surface area (Å²) in [6.45, 7) is 6.75. The molecule has 6 heteroatoms. The van der Waals surface area contributed by atoms with E-state index < -0.39 is 18.1 Å². The quantitative estimate of drug-likeness (QED) is 0.680. The summed E-state index contributed by atoms with van der Waals surface area (Å²) in [5.41, 5.74) is 0. The second kappa shape index (κ2) is 6.27. The predicted molar refractivity (Wildman–Crippen MR) is 60.5 cm³/mol. The average Bonchev–Trinajstić information content (AvgIpc) is 2.47. The molecule has 1 atom stereocenters. The standard InChI is InChI=1S/C6H7NO4.C4H9.Na/c8-5(9)4-2-1-3-7(4)6(10)11;1-4(2)3;/h1,3-4H,2H2,(H,8,9)(H,10,11);1-3H3;. The number of carbonyl (C=O) groups is 2. The molecule has 1 heterocycles. The maximum absolute atomic E-state index is 10.4. The molecular formula is C10H16NNaO4. The van der Waals surface area contributed by atoms with Crippen LogP contribution in [0, 0.1) is 0 Å². The Hall–Kier alpha value is -0.520. The predicted octanol–water partition coefficient (Wildman–Crippen LogP) is 1.71. The third-order valence-electron chi connectivity index (χ3n) is 1.47. The summed E-state index contributed by atoms with van der Waals surface area (Å²) in [5.74, 6) is -1.11. The first kappa shape index (κ1) is 15.5. The number of hydrogen-bond acceptors (Lipinski definition) is 2. The van der Waals surface area contributed by atoms with Crippen molar-refractivity contribution in [1.82, 2.24) is 4.90 Å². The van der Waals surface area contributed by atoms with E-state index in [1.54, 1.807) is 0 Å². The van der Waals surface area contributed by atoms with E-state index in [9.17, 15) is 9.59 Å². The molecule has 1 unspecified atom stereocenters. The minimum absolute atomic E-state index is 0.252. The van der Waals surface area contributed by atoms with E-state index in [1.807, 2.05) is 0 Å². The van der Waals surface area contributed by atoms with Crippen molar-refractivity contribution in [1.29, 1.82) is 0 Å². The minimum atomic E-state index is -1.23. The van der Waals surface area contributed by atoms with E-state index >= 15 is 0 Å². The van der Waals surface area contributed by atoms with Crippen LogP contribution in [0.1, 0.15) is 27.2 Å². The molecule has 0 bridgehead atoms. The van der Waals surface area contributed by atoms with Gasteiger partial charge in [0.2, 0.25) is 0 Å². The fourth-order valence-corrected chi connectivity index (χ4v) is 0.938. The SMILES string of the molecule is C[C](C)(C)[Na].O=C(O)C1CC=CN1C(=O)O. The van der Waals surface area contributed by atoms with Crippen molar-refractivity contribution in [2.24, 2.45) is 0 Å². The summed E-state index contributed by atoms with van der Waals surface area (Å²) in [6, 6.07) is -0.938. The van der Waals surface area contributed by atoms with Gasteiger partial charge in [-0.1, -0.05) is 6.08 Å². The summed E-state index contributed by atoms with van der Waals surface area (Å²) >= 11 is 1.31. The van der Waals surface area contributed by atoms with Crippen LogP contribution in [0.4, 0.5) is 4.79 Å². The maximum Gasteiger partial charge on any atom is 0.412 e. The fraction of sp³-hybridized carbons (Fsp3) is 0.600. The molecule has 1 rings (SSSR count). The van der Waals surface area contributed by atoms with Crippen molar-refractivity contribution in [3.8, 4) is 0 Å². The number of amides is 1. The van der Waals surface area contributed by atoms with Crippen LogP contribution in [0.5, 0.6) is 0 Å². The molecule has 0 aromatic rings. The molecule has 0 saturated carbocycles. The van der Waals surface area contributed by atoms with Crippen LogP contribution < -0.4 is 0 Å². The van der Waals surface area contributed by atoms with Crippen molar-refractivity contribution >= 4 is 40.0 Å². The molecule has 0 saturated heterocycles. The number of carboxylic acid groups (broad SMARTS) is 2. The molecular weight excluding hydrogens is 221 g/mol. The van der Waals surface area contributed by atoms with Gasteiger partial charge in [0, 0.05) is 6.20 Å². The van der Waals surface area contributed by atoms with Crippen molar-refractivity contribution in [3.63, 3.8) is 0 Å². The summed E-state index contributed by atoms with van der Waals surface area (Å²) in [4.78, 5) is 21.5. The minimum Gasteiger partial charge on any atom is -0.480 e. The Morgan fingerprint density at radius 1 is 1.38 bits per heavy atom. The van der Waals surface area contributed by atoms with E-state index in [0.717, 1.165) is 4.90 Å². The van der Waals surface area contributed by atoms with Crippen LogP contribution >= 0.6 is 0 Å². The number of carboxylic acids is 1. The molecule has 86 valence electrons. The Morgan fingerprint density at radius 2 is 1.81 bits per heavy atom. The molecule has 0 fully saturated rings. The van der Waals surface area contributed by atoms with Gasteiger partial charge < -0.3 is 10.2 Å². The molecule has 2 N–H and O–H groups in total. The van der Waals surface area contributed by atoms with Crippen LogP contribution in [0.3, 0.4) is 0 Å². The first-order valence-corrected chi connectivity index (χ1v) is 6.03. The van der Waals surface area contributed by atoms with Crippen molar-refractivity contribution < 1.29 is 19.8 Å². The normalized spacial score (nSPS) is 19.1. The summed E-state index contributed by atoms with van der Waals surface area (Å²) < 4.78 is 0.639. The Kier molecular flexibility index (Phi) is 6.07. The van der Waals surface area contributed by atoms with Crippen LogP contribution in [0.25, 0.3) is 0 Å². The van der Waals surface area contributed by atoms with Crippen molar-refractivity contribution in [3.05, 3.63) is 12.3 Å². The van der Waals surface area contributed by atoms with Crippen LogP contribution in [0.15, 0.2) is 12.3 Å². The van der Waals surface area contributed by atoms with Crippen LogP contribution in [-0.2, 0) is 4.79 Å². The molecule has 0 aromatic carbocycles. The van der Waals surface area contributed by atoms with Crippen molar-refractivity contribution in [2.45, 2.75) is 35.9 Å². The third-order valence-corrected chi connectivity index (χ3v) is 1.47. The molecule has 0 aromatic heterocycles. The third kappa shape index (κ3) is 6.87. The van der Waals surface area contributed by atoms with Gasteiger partial charge in [-0.05, 0) is 6.42 Å². The van der Waals surface area contributed by atoms with E-state index in [2.05, 4.69) is 20.8 Å². The molecule has 16 heavy (non-hydrogen) atoms. The van der Waals surface area contributed by atoms with E-state index in [4.69, 9.17) is 10.2 Å². The smallest absolute Gasteiger partial charge is 0.412 e. The van der Waals surface area contributed by atoms with Crippen LogP contribution in [0.2, 0.25) is 2.66 Å². The molecule has 5 nitrogen and oxygen atoms in total. The average molecular weight is 237 g/mol. The molecule has 1 aliphatic heterocycles. The first-order chi connectivity index (χ1) is 7.13. The molecule has 0 radical (unpaired) electrons. The van der Waals surface area contributed by atoms with E-state index in [1.165, 1.54) is 40.2 Å². The fourth-order valence-electron chi connectivity index (χ4n) is 0.938. The zero-order valence-electron chi connectivity index (χ0n) is 10.1. The van der Waals surface area contributed by atoms with Gasteiger partial charge in [0.05, 0.1) is 0 Å². The monoisotopic (exact) mass is 237 g/mol. The molecule has 1 aliphatic rings. The number of aliphatic carboxylic acids is 1. The van der Waals surface area contributed by atoms with Crippen LogP contribution in [-0.4, -0.2) is 61.1 Å². The van der Waals surface area contributed by atoms with Gasteiger partial charge in [-0.15, -0.1) is 0 Å². The first-order valence-electron chi connectivity index (χ1n) is 5.03. The molecule has 0 aliphatic carbocycles. The van der Waals surface area contributed by atoms with Gasteiger partial charge in [-0.3, -0.25) is 4.90 Å². The topological polar surface area (TPSA) is 77.8 Å². The van der Waals surface area contributed by atoms with Gasteiger partial charge in [0.15, 0.2) is 0 Å². The van der Waals surface area contributed by atoms with E-state index in [-0.39, 0.29) is 6.42 Å². The Morgan fingerprint density at radius 3 is 2.06 bits per heavy atom. The summed E-state index contributed by atoms with van der Waals surface area (Å²) in [5, 5.41) is 16.9. The summed E-state index contributed by atoms with van der Waals surface area (Å²) in [7, 11) is 0. The van der Waals surface area contributed by atoms with Crippen molar-refractivity contribution in [2.75, 3.05) is 0 Å². The van der Waals surface area contributed by atoms with Gasteiger partial charge in [0.1, 0.15) is 6.04 Å². The number of rotatable bonds is 1.